The Morgan fingerprint density at radius 3 is 2.06 bits per heavy atom. The maximum absolute atomic E-state index is 14.5. The zero-order chi connectivity index (χ0) is 46.0. The number of amides is 7. The maximum Gasteiger partial charge on any atom is 0.408 e. The molecule has 0 aliphatic rings. The number of nitrogens with two attached hydrogens (primary N) is 1. The van der Waals surface area contributed by atoms with Gasteiger partial charge < -0.3 is 52.0 Å². The van der Waals surface area contributed by atoms with E-state index in [9.17, 15) is 38.7 Å². The summed E-state index contributed by atoms with van der Waals surface area (Å²) in [5.74, 6) is -4.82. The number of carbonyl (C=O) groups is 7. The van der Waals surface area contributed by atoms with Gasteiger partial charge in [0, 0.05) is 49.2 Å². The molecule has 0 fully saturated rings. The summed E-state index contributed by atoms with van der Waals surface area (Å²) < 4.78 is 5.46. The molecule has 4 atom stereocenters. The zero-order valence-corrected chi connectivity index (χ0v) is 35.7. The van der Waals surface area contributed by atoms with Crippen molar-refractivity contribution in [2.45, 2.75) is 76.2 Å². The number of carboxylic acids is 1. The number of urea groups is 1. The lowest BCUT2D eigenvalue weighted by atomic mass is 10.0. The monoisotopic (exact) mass is 874 g/mol. The number of likely N-dealkylation sites (N-methyl/N-ethyl adjacent to an activating group) is 1. The van der Waals surface area contributed by atoms with Gasteiger partial charge in [-0.3, -0.25) is 24.0 Å². The molecule has 5 rings (SSSR count). The van der Waals surface area contributed by atoms with Gasteiger partial charge in [0.1, 0.15) is 30.8 Å². The summed E-state index contributed by atoms with van der Waals surface area (Å²) in [6.45, 7) is 1.98. The number of nitrogens with zero attached hydrogens (tertiary/aromatic N) is 1. The number of primary amides is 1. The van der Waals surface area contributed by atoms with Crippen LogP contribution < -0.4 is 32.3 Å². The highest BCUT2D eigenvalue weighted by molar-refractivity contribution is 5.97. The average Bonchev–Trinajstić information content (AvgIpc) is 3.69. The smallest absolute Gasteiger partial charge is 0.408 e. The molecule has 0 spiro atoms. The second-order valence-electron chi connectivity index (χ2n) is 15.3. The fraction of sp³-hybridized carbons (Fsp3) is 0.298. The molecule has 7 amide bonds. The quantitative estimate of drug-likeness (QED) is 0.0461. The van der Waals surface area contributed by atoms with Crippen LogP contribution in [0.5, 0.6) is 0 Å². The lowest BCUT2D eigenvalue weighted by Gasteiger charge is -2.31. The highest BCUT2D eigenvalue weighted by Gasteiger charge is 2.36. The van der Waals surface area contributed by atoms with E-state index in [4.69, 9.17) is 10.5 Å². The van der Waals surface area contributed by atoms with Crippen LogP contribution in [0.3, 0.4) is 0 Å². The van der Waals surface area contributed by atoms with Crippen LogP contribution in [0.1, 0.15) is 47.9 Å². The number of hydrogen-bond acceptors (Lipinski definition) is 8. The van der Waals surface area contributed by atoms with E-state index in [1.807, 2.05) is 49.4 Å². The summed E-state index contributed by atoms with van der Waals surface area (Å²) in [5, 5.41) is 24.1. The van der Waals surface area contributed by atoms with Crippen LogP contribution in [0.2, 0.25) is 0 Å². The lowest BCUT2D eigenvalue weighted by molar-refractivity contribution is -0.147. The molecule has 5 aromatic rings. The molecule has 0 aliphatic heterocycles. The Bertz CT molecular complexity index is 2390. The van der Waals surface area contributed by atoms with Gasteiger partial charge in [0.15, 0.2) is 0 Å². The molecule has 1 heterocycles. The number of nitrogens with one attached hydrogen (secondary N) is 6. The van der Waals surface area contributed by atoms with E-state index in [0.717, 1.165) is 21.4 Å². The second-order valence-corrected chi connectivity index (χ2v) is 15.3. The topological polar surface area (TPSA) is 254 Å². The first kappa shape index (κ1) is 47.4. The number of aryl methyl sites for hydroxylation is 1. The molecule has 0 saturated heterocycles. The molecule has 4 aromatic carbocycles. The van der Waals surface area contributed by atoms with Gasteiger partial charge in [0.25, 0.3) is 0 Å². The van der Waals surface area contributed by atoms with Gasteiger partial charge in [-0.05, 0) is 60.6 Å². The Morgan fingerprint density at radius 2 is 1.38 bits per heavy atom. The molecular weight excluding hydrogens is 821 g/mol. The molecule has 17 heteroatoms. The first-order valence-electron chi connectivity index (χ1n) is 20.8. The summed E-state index contributed by atoms with van der Waals surface area (Å²) in [5.41, 5.74) is 10.0. The van der Waals surface area contributed by atoms with Crippen LogP contribution in [-0.4, -0.2) is 94.5 Å². The normalized spacial score (nSPS) is 12.7. The number of unbranched alkanes of at least 4 members (excludes halogenated alkanes) is 1. The van der Waals surface area contributed by atoms with Crippen molar-refractivity contribution in [3.05, 3.63) is 138 Å². The van der Waals surface area contributed by atoms with Crippen LogP contribution in [0, 0.1) is 6.92 Å². The minimum absolute atomic E-state index is 0.00760. The average molecular weight is 875 g/mol. The van der Waals surface area contributed by atoms with Crippen molar-refractivity contribution < 1.29 is 43.4 Å². The molecular formula is C47H54N8O9. The van der Waals surface area contributed by atoms with Crippen LogP contribution in [0.25, 0.3) is 10.9 Å². The Hall–Kier alpha value is -7.69. The Balaban J connectivity index is 1.36. The first-order valence-corrected chi connectivity index (χ1v) is 20.8. The number of para-hydroxylation sites is 2. The number of ether oxygens (including phenoxy) is 1. The summed E-state index contributed by atoms with van der Waals surface area (Å²) in [7, 11) is 1.23. The Morgan fingerprint density at radius 1 is 0.734 bits per heavy atom. The minimum atomic E-state index is -1.64. The number of rotatable bonds is 22. The number of benzene rings is 4. The lowest BCUT2D eigenvalue weighted by Crippen LogP contribution is -2.59. The van der Waals surface area contributed by atoms with E-state index in [1.165, 1.54) is 7.05 Å². The maximum atomic E-state index is 14.5. The SMILES string of the molecule is Cc1ccccc1NC(=O)NCCCC[C@H](NC(=O)[C@H](Cc1c[nH]c2ccccc12)NC(=O)OCc1ccccc1)C(=O)N(C)[C@@H](CC(=O)O)C(=O)N[C@@H](Cc1ccccc1)C(N)=O. The Kier molecular flexibility index (Phi) is 17.4. The van der Waals surface area contributed by atoms with E-state index in [1.54, 1.807) is 72.9 Å². The number of alkyl carbamates (subject to hydrolysis) is 1. The van der Waals surface area contributed by atoms with Gasteiger partial charge in [-0.15, -0.1) is 0 Å². The standard InChI is InChI=1S/C47H54N8O9/c1-30-15-9-11-21-35(30)53-46(62)49-24-14-13-23-37(45(61)55(2)40(27-41(56)57)44(60)52-38(42(48)58)25-31-16-5-3-6-17-31)51-43(59)39(26-33-28-50-36-22-12-10-20-34(33)36)54-47(63)64-29-32-18-7-4-8-19-32/h3-12,15-22,28,37-40,50H,13-14,23-27,29H2,1-2H3,(H2,48,58)(H,51,59)(H,52,60)(H,54,63)(H,56,57)(H2,49,53,62)/t37-,38-,39-,40-/m0/s1. The van der Waals surface area contributed by atoms with Gasteiger partial charge in [-0.2, -0.15) is 0 Å². The summed E-state index contributed by atoms with van der Waals surface area (Å²) in [6, 6.07) is 26.4. The predicted molar refractivity (Wildman–Crippen MR) is 240 cm³/mol. The van der Waals surface area contributed by atoms with Crippen molar-refractivity contribution in [1.29, 1.82) is 0 Å². The molecule has 64 heavy (non-hydrogen) atoms. The van der Waals surface area contributed by atoms with Gasteiger partial charge >= 0.3 is 18.1 Å². The molecule has 9 N–H and O–H groups in total. The molecule has 0 aliphatic carbocycles. The number of aromatic nitrogens is 1. The van der Waals surface area contributed by atoms with E-state index in [2.05, 4.69) is 31.6 Å². The number of H-pyrrole nitrogens is 1. The number of carboxylic acid groups (broad SMARTS) is 1. The summed E-state index contributed by atoms with van der Waals surface area (Å²) in [6.07, 6.45) is 0.568. The highest BCUT2D eigenvalue weighted by Crippen LogP contribution is 2.20. The molecule has 17 nitrogen and oxygen atoms in total. The number of fused-ring (bicyclic) bond motifs is 1. The van der Waals surface area contributed by atoms with Crippen LogP contribution in [0.15, 0.2) is 115 Å². The summed E-state index contributed by atoms with van der Waals surface area (Å²) in [4.78, 5) is 97.2. The number of aromatic amines is 1. The van der Waals surface area contributed by atoms with Crippen molar-refractivity contribution in [2.24, 2.45) is 5.73 Å². The molecule has 0 saturated carbocycles. The van der Waals surface area contributed by atoms with Crippen molar-refractivity contribution in [1.82, 2.24) is 31.2 Å². The van der Waals surface area contributed by atoms with Crippen LogP contribution in [0.4, 0.5) is 15.3 Å². The van der Waals surface area contributed by atoms with Crippen molar-refractivity contribution in [2.75, 3.05) is 18.9 Å². The van der Waals surface area contributed by atoms with Gasteiger partial charge in [-0.1, -0.05) is 97.1 Å². The molecule has 0 bridgehead atoms. The summed E-state index contributed by atoms with van der Waals surface area (Å²) >= 11 is 0. The van der Waals surface area contributed by atoms with Crippen LogP contribution in [-0.2, 0) is 48.2 Å². The minimum Gasteiger partial charge on any atom is -0.481 e. The largest absolute Gasteiger partial charge is 0.481 e. The second kappa shape index (κ2) is 23.5. The van der Waals surface area contributed by atoms with Crippen molar-refractivity contribution in [3.63, 3.8) is 0 Å². The molecule has 336 valence electrons. The van der Waals surface area contributed by atoms with E-state index in [0.29, 0.717) is 28.8 Å². The highest BCUT2D eigenvalue weighted by atomic mass is 16.5. The molecule has 1 aromatic heterocycles. The van der Waals surface area contributed by atoms with Crippen molar-refractivity contribution in [3.8, 4) is 0 Å². The fourth-order valence-corrected chi connectivity index (χ4v) is 7.03. The van der Waals surface area contributed by atoms with Crippen molar-refractivity contribution >= 4 is 58.3 Å². The van der Waals surface area contributed by atoms with Gasteiger partial charge in [0.05, 0.1) is 6.42 Å². The van der Waals surface area contributed by atoms with Crippen LogP contribution >= 0.6 is 0 Å². The number of hydrogen-bond donors (Lipinski definition) is 8. The number of anilines is 1. The van der Waals surface area contributed by atoms with E-state index in [-0.39, 0.29) is 38.8 Å². The zero-order valence-electron chi connectivity index (χ0n) is 35.7. The fourth-order valence-electron chi connectivity index (χ4n) is 7.03. The van der Waals surface area contributed by atoms with Gasteiger partial charge in [0.2, 0.25) is 23.6 Å². The van der Waals surface area contributed by atoms with E-state index >= 15 is 0 Å². The van der Waals surface area contributed by atoms with E-state index < -0.39 is 72.3 Å². The first-order chi connectivity index (χ1) is 30.8. The number of aliphatic carboxylic acids is 1. The molecule has 0 radical (unpaired) electrons. The predicted octanol–water partition coefficient (Wildman–Crippen LogP) is 4.31. The third kappa shape index (κ3) is 14.2. The molecule has 0 unspecified atom stereocenters. The third-order valence-corrected chi connectivity index (χ3v) is 10.6. The van der Waals surface area contributed by atoms with Gasteiger partial charge in [-0.25, -0.2) is 9.59 Å². The number of carbonyl (C=O) groups excluding carboxylic acids is 6. The third-order valence-electron chi connectivity index (χ3n) is 10.6. The Labute approximate surface area is 370 Å².